The van der Waals surface area contributed by atoms with Crippen molar-refractivity contribution >= 4 is 28.3 Å². The van der Waals surface area contributed by atoms with Crippen molar-refractivity contribution in [3.05, 3.63) is 52.3 Å². The number of halogens is 2. The molecule has 0 radical (unpaired) electrons. The fourth-order valence-corrected chi connectivity index (χ4v) is 2.31. The smallest absolute Gasteiger partial charge is 0.187 e. The summed E-state index contributed by atoms with van der Waals surface area (Å²) in [5.41, 5.74) is 7.58. The lowest BCUT2D eigenvalue weighted by atomic mass is 10.1. The highest BCUT2D eigenvalue weighted by Crippen LogP contribution is 2.25. The van der Waals surface area contributed by atoms with Gasteiger partial charge in [-0.2, -0.15) is 9.19 Å². The number of hydrogen-bond donors (Lipinski definition) is 1. The van der Waals surface area contributed by atoms with E-state index < -0.39 is 0 Å². The summed E-state index contributed by atoms with van der Waals surface area (Å²) in [6.45, 7) is 0. The zero-order valence-electron chi connectivity index (χ0n) is 8.18. The second-order valence-electron chi connectivity index (χ2n) is 3.22. The third-order valence-electron chi connectivity index (χ3n) is 2.22. The summed E-state index contributed by atoms with van der Waals surface area (Å²) < 4.78 is 14.4. The van der Waals surface area contributed by atoms with Gasteiger partial charge in [0.2, 0.25) is 0 Å². The summed E-state index contributed by atoms with van der Waals surface area (Å²) in [7, 11) is 0. The molecule has 0 spiro atoms. The van der Waals surface area contributed by atoms with Gasteiger partial charge in [-0.25, -0.2) is 0 Å². The van der Waals surface area contributed by atoms with Gasteiger partial charge in [0.15, 0.2) is 12.3 Å². The Morgan fingerprint density at radius 2 is 2.06 bits per heavy atom. The molecule has 84 valence electrons. The van der Waals surface area contributed by atoms with E-state index in [9.17, 15) is 3.89 Å². The maximum Gasteiger partial charge on any atom is 0.187 e. The van der Waals surface area contributed by atoms with Crippen LogP contribution in [-0.4, -0.2) is 9.19 Å². The van der Waals surface area contributed by atoms with Crippen molar-refractivity contribution in [2.75, 3.05) is 0 Å². The quantitative estimate of drug-likeness (QED) is 0.947. The molecule has 0 aliphatic rings. The van der Waals surface area contributed by atoms with Crippen LogP contribution in [0.5, 0.6) is 0 Å². The van der Waals surface area contributed by atoms with Gasteiger partial charge >= 0.3 is 0 Å². The number of nitrogens with zero attached hydrogens (tertiary/aromatic N) is 2. The molecule has 16 heavy (non-hydrogen) atoms. The fraction of sp³-hybridized carbons (Fsp3) is 0.100. The molecule has 0 saturated carbocycles. The number of benzene rings is 1. The summed E-state index contributed by atoms with van der Waals surface area (Å²) >= 11 is 3.23. The van der Waals surface area contributed by atoms with E-state index in [1.165, 1.54) is 4.09 Å². The first-order chi connectivity index (χ1) is 7.72. The minimum absolute atomic E-state index is 0.0348. The Morgan fingerprint density at radius 1 is 1.38 bits per heavy atom. The maximum atomic E-state index is 12.6. The van der Waals surface area contributed by atoms with Crippen LogP contribution in [0.15, 0.2) is 41.0 Å². The molecule has 3 nitrogen and oxygen atoms in total. The van der Waals surface area contributed by atoms with Gasteiger partial charge in [-0.1, -0.05) is 30.3 Å². The Morgan fingerprint density at radius 3 is 2.69 bits per heavy atom. The van der Waals surface area contributed by atoms with Gasteiger partial charge in [0, 0.05) is 0 Å². The fourth-order valence-electron chi connectivity index (χ4n) is 1.45. The van der Waals surface area contributed by atoms with Crippen LogP contribution in [0.4, 0.5) is 3.89 Å². The highest BCUT2D eigenvalue weighted by Gasteiger charge is 2.16. The standard InChI is InChI=1S/C10H9BrFN3S/c11-9-6-8(15(14-9)16-12)10(13)7-4-2-1-3-5-7/h1-6,10H,13H2. The molecular formula is C10H9BrFN3S. The molecule has 0 aliphatic carbocycles. The van der Waals surface area contributed by atoms with Crippen molar-refractivity contribution in [2.45, 2.75) is 6.04 Å². The Bertz CT molecular complexity index is 474. The Labute approximate surface area is 105 Å². The average molecular weight is 302 g/mol. The lowest BCUT2D eigenvalue weighted by Gasteiger charge is -2.11. The first-order valence-electron chi connectivity index (χ1n) is 4.57. The number of aromatic nitrogens is 2. The van der Waals surface area contributed by atoms with E-state index in [2.05, 4.69) is 21.0 Å². The number of hydrogen-bond acceptors (Lipinski definition) is 3. The van der Waals surface area contributed by atoms with Gasteiger partial charge in [-0.05, 0) is 27.6 Å². The topological polar surface area (TPSA) is 43.8 Å². The van der Waals surface area contributed by atoms with E-state index >= 15 is 0 Å². The van der Waals surface area contributed by atoms with E-state index in [4.69, 9.17) is 5.73 Å². The highest BCUT2D eigenvalue weighted by atomic mass is 79.9. The van der Waals surface area contributed by atoms with Crippen molar-refractivity contribution in [1.82, 2.24) is 9.19 Å². The summed E-state index contributed by atoms with van der Waals surface area (Å²) in [6.07, 6.45) is 0. The predicted octanol–water partition coefficient (Wildman–Crippen LogP) is 3.07. The van der Waals surface area contributed by atoms with E-state index in [1.54, 1.807) is 6.07 Å². The van der Waals surface area contributed by atoms with Crippen LogP contribution in [0.25, 0.3) is 0 Å². The molecule has 0 bridgehead atoms. The second kappa shape index (κ2) is 4.99. The molecule has 6 heteroatoms. The molecular weight excluding hydrogens is 293 g/mol. The summed E-state index contributed by atoms with van der Waals surface area (Å²) in [5.74, 6) is 0. The van der Waals surface area contributed by atoms with Crippen molar-refractivity contribution in [3.63, 3.8) is 0 Å². The third kappa shape index (κ3) is 2.28. The summed E-state index contributed by atoms with van der Waals surface area (Å²) in [6, 6.07) is 10.8. The van der Waals surface area contributed by atoms with Gasteiger partial charge < -0.3 is 5.73 Å². The third-order valence-corrected chi connectivity index (χ3v) is 3.03. The van der Waals surface area contributed by atoms with E-state index in [0.717, 1.165) is 5.56 Å². The monoisotopic (exact) mass is 301 g/mol. The van der Waals surface area contributed by atoms with Gasteiger partial charge in [0.1, 0.15) is 4.60 Å². The lowest BCUT2D eigenvalue weighted by molar-refractivity contribution is 0.771. The second-order valence-corrected chi connectivity index (χ2v) is 4.52. The van der Waals surface area contributed by atoms with Crippen molar-refractivity contribution in [2.24, 2.45) is 5.73 Å². The Kier molecular flexibility index (Phi) is 3.63. The van der Waals surface area contributed by atoms with Crippen molar-refractivity contribution in [3.8, 4) is 0 Å². The summed E-state index contributed by atoms with van der Waals surface area (Å²) in [5, 5.41) is 3.92. The molecule has 1 heterocycles. The van der Waals surface area contributed by atoms with E-state index in [0.29, 0.717) is 10.3 Å². The van der Waals surface area contributed by atoms with E-state index in [1.807, 2.05) is 30.3 Å². The van der Waals surface area contributed by atoms with Crippen LogP contribution in [-0.2, 0) is 0 Å². The molecule has 0 saturated heterocycles. The molecule has 1 aromatic heterocycles. The highest BCUT2D eigenvalue weighted by molar-refractivity contribution is 9.10. The molecule has 1 unspecified atom stereocenters. The van der Waals surface area contributed by atoms with Crippen molar-refractivity contribution in [1.29, 1.82) is 0 Å². The van der Waals surface area contributed by atoms with Crippen LogP contribution in [0.1, 0.15) is 17.3 Å². The van der Waals surface area contributed by atoms with Gasteiger partial charge in [0.25, 0.3) is 0 Å². The van der Waals surface area contributed by atoms with Crippen LogP contribution in [0.3, 0.4) is 0 Å². The molecule has 2 aromatic rings. The SMILES string of the molecule is NC(c1ccccc1)c1cc(Br)nn1SF. The van der Waals surface area contributed by atoms with E-state index in [-0.39, 0.29) is 18.4 Å². The molecule has 0 aliphatic heterocycles. The average Bonchev–Trinajstić information content (AvgIpc) is 2.70. The first-order valence-corrected chi connectivity index (χ1v) is 6.04. The Balaban J connectivity index is 2.37. The zero-order chi connectivity index (χ0) is 11.5. The van der Waals surface area contributed by atoms with Gasteiger partial charge in [0.05, 0.1) is 11.7 Å². The zero-order valence-corrected chi connectivity index (χ0v) is 10.6. The molecule has 0 amide bonds. The maximum absolute atomic E-state index is 12.6. The number of rotatable bonds is 3. The van der Waals surface area contributed by atoms with Crippen LogP contribution >= 0.6 is 28.3 Å². The van der Waals surface area contributed by atoms with Crippen LogP contribution < -0.4 is 5.73 Å². The minimum atomic E-state index is -0.386. The summed E-state index contributed by atoms with van der Waals surface area (Å²) in [4.78, 5) is 0. The molecule has 1 aromatic carbocycles. The first kappa shape index (κ1) is 11.6. The molecule has 2 N–H and O–H groups in total. The van der Waals surface area contributed by atoms with Crippen molar-refractivity contribution < 1.29 is 3.89 Å². The van der Waals surface area contributed by atoms with Gasteiger partial charge in [-0.15, -0.1) is 3.89 Å². The normalized spacial score (nSPS) is 12.7. The van der Waals surface area contributed by atoms with Crippen LogP contribution in [0, 0.1) is 0 Å². The van der Waals surface area contributed by atoms with Gasteiger partial charge in [-0.3, -0.25) is 0 Å². The minimum Gasteiger partial charge on any atom is -0.319 e. The number of nitrogens with two attached hydrogens (primary N) is 1. The lowest BCUT2D eigenvalue weighted by Crippen LogP contribution is -2.14. The molecule has 2 rings (SSSR count). The molecule has 1 atom stereocenters. The largest absolute Gasteiger partial charge is 0.319 e. The predicted molar refractivity (Wildman–Crippen MR) is 66.5 cm³/mol. The van der Waals surface area contributed by atoms with Crippen LogP contribution in [0.2, 0.25) is 0 Å². The molecule has 0 fully saturated rings. The Hall–Kier alpha value is -0.850.